The van der Waals surface area contributed by atoms with E-state index in [2.05, 4.69) is 22.4 Å². The number of nitrogens with one attached hydrogen (secondary N) is 1. The normalized spacial score (nSPS) is 14.7. The summed E-state index contributed by atoms with van der Waals surface area (Å²) in [6.45, 7) is 2.51. The SMILES string of the molecule is CCOc1ccc2nc(NC(=O)COc3ccc(C4SCCCS4)cc3)sc2c1. The zero-order chi connectivity index (χ0) is 20.1. The van der Waals surface area contributed by atoms with Crippen LogP contribution in [0.25, 0.3) is 10.2 Å². The summed E-state index contributed by atoms with van der Waals surface area (Å²) in [6, 6.07) is 13.8. The van der Waals surface area contributed by atoms with Gasteiger partial charge in [0.1, 0.15) is 11.5 Å². The van der Waals surface area contributed by atoms with E-state index in [-0.39, 0.29) is 12.5 Å². The summed E-state index contributed by atoms with van der Waals surface area (Å²) >= 11 is 5.40. The van der Waals surface area contributed by atoms with Gasteiger partial charge in [-0.15, -0.1) is 23.5 Å². The molecule has 0 aliphatic carbocycles. The van der Waals surface area contributed by atoms with Crippen LogP contribution in [0.4, 0.5) is 5.13 Å². The van der Waals surface area contributed by atoms with Crippen molar-refractivity contribution in [3.63, 3.8) is 0 Å². The second kappa shape index (κ2) is 9.73. The molecule has 152 valence electrons. The van der Waals surface area contributed by atoms with E-state index in [1.807, 2.05) is 60.8 Å². The Labute approximate surface area is 182 Å². The molecule has 29 heavy (non-hydrogen) atoms. The molecule has 1 aliphatic heterocycles. The van der Waals surface area contributed by atoms with E-state index in [4.69, 9.17) is 9.47 Å². The minimum absolute atomic E-state index is 0.0492. The smallest absolute Gasteiger partial charge is 0.264 e. The zero-order valence-corrected chi connectivity index (χ0v) is 18.5. The fourth-order valence-electron chi connectivity index (χ4n) is 2.92. The number of hydrogen-bond donors (Lipinski definition) is 1. The van der Waals surface area contributed by atoms with Gasteiger partial charge in [0, 0.05) is 0 Å². The molecule has 1 aliphatic rings. The number of benzene rings is 2. The predicted octanol–water partition coefficient (Wildman–Crippen LogP) is 5.58. The lowest BCUT2D eigenvalue weighted by molar-refractivity contribution is -0.118. The van der Waals surface area contributed by atoms with Crippen LogP contribution in [0, 0.1) is 0 Å². The van der Waals surface area contributed by atoms with Crippen LogP contribution in [0.15, 0.2) is 42.5 Å². The van der Waals surface area contributed by atoms with Crippen molar-refractivity contribution in [2.45, 2.75) is 17.9 Å². The summed E-state index contributed by atoms with van der Waals surface area (Å²) in [7, 11) is 0. The highest BCUT2D eigenvalue weighted by atomic mass is 32.2. The Balaban J connectivity index is 1.31. The monoisotopic (exact) mass is 446 g/mol. The molecular formula is C21H22N2O3S3. The molecule has 3 aromatic rings. The lowest BCUT2D eigenvalue weighted by Gasteiger charge is -2.21. The maximum absolute atomic E-state index is 12.2. The summed E-state index contributed by atoms with van der Waals surface area (Å²) in [5, 5.41) is 3.37. The van der Waals surface area contributed by atoms with Crippen molar-refractivity contribution < 1.29 is 14.3 Å². The first kappa shape index (κ1) is 20.4. The number of nitrogens with zero attached hydrogens (tertiary/aromatic N) is 1. The second-order valence-corrected chi connectivity index (χ2v) is 10.2. The number of hydrogen-bond acceptors (Lipinski definition) is 7. The number of thioether (sulfide) groups is 2. The number of thiazole rings is 1. The molecule has 5 nitrogen and oxygen atoms in total. The highest BCUT2D eigenvalue weighted by Gasteiger charge is 2.16. The van der Waals surface area contributed by atoms with Crippen LogP contribution in [-0.2, 0) is 4.79 Å². The van der Waals surface area contributed by atoms with E-state index in [0.717, 1.165) is 16.0 Å². The van der Waals surface area contributed by atoms with Gasteiger partial charge in [0.25, 0.3) is 5.91 Å². The van der Waals surface area contributed by atoms with Crippen molar-refractivity contribution in [3.05, 3.63) is 48.0 Å². The number of rotatable bonds is 7. The van der Waals surface area contributed by atoms with Gasteiger partial charge < -0.3 is 9.47 Å². The van der Waals surface area contributed by atoms with E-state index in [1.54, 1.807) is 0 Å². The Bertz CT molecular complexity index is 969. The minimum atomic E-state index is -0.225. The van der Waals surface area contributed by atoms with Gasteiger partial charge in [0.15, 0.2) is 11.7 Å². The van der Waals surface area contributed by atoms with Crippen LogP contribution < -0.4 is 14.8 Å². The van der Waals surface area contributed by atoms with Crippen LogP contribution in [0.2, 0.25) is 0 Å². The summed E-state index contributed by atoms with van der Waals surface area (Å²) in [5.41, 5.74) is 2.14. The largest absolute Gasteiger partial charge is 0.494 e. The van der Waals surface area contributed by atoms with Crippen LogP contribution in [0.3, 0.4) is 0 Å². The molecule has 0 saturated carbocycles. The van der Waals surface area contributed by atoms with E-state index in [9.17, 15) is 4.79 Å². The molecule has 0 spiro atoms. The maximum atomic E-state index is 12.2. The lowest BCUT2D eigenvalue weighted by Crippen LogP contribution is -2.20. The quantitative estimate of drug-likeness (QED) is 0.511. The highest BCUT2D eigenvalue weighted by molar-refractivity contribution is 8.16. The average molecular weight is 447 g/mol. The molecule has 0 bridgehead atoms. The summed E-state index contributed by atoms with van der Waals surface area (Å²) in [5.74, 6) is 3.71. The molecule has 8 heteroatoms. The number of aromatic nitrogens is 1. The van der Waals surface area contributed by atoms with Gasteiger partial charge in [-0.25, -0.2) is 4.98 Å². The molecule has 2 aromatic carbocycles. The Morgan fingerprint density at radius 3 is 2.62 bits per heavy atom. The lowest BCUT2D eigenvalue weighted by atomic mass is 10.2. The van der Waals surface area contributed by atoms with Gasteiger partial charge in [0.05, 0.1) is 21.4 Å². The van der Waals surface area contributed by atoms with Gasteiger partial charge in [-0.2, -0.15) is 0 Å². The second-order valence-electron chi connectivity index (χ2n) is 6.41. The Morgan fingerprint density at radius 2 is 1.86 bits per heavy atom. The first-order valence-electron chi connectivity index (χ1n) is 9.50. The van der Waals surface area contributed by atoms with Gasteiger partial charge in [-0.1, -0.05) is 23.5 Å². The number of ether oxygens (including phenoxy) is 2. The average Bonchev–Trinajstić information content (AvgIpc) is 3.15. The van der Waals surface area contributed by atoms with Crippen LogP contribution in [0.5, 0.6) is 11.5 Å². The molecule has 1 aromatic heterocycles. The van der Waals surface area contributed by atoms with Gasteiger partial charge in [-0.3, -0.25) is 10.1 Å². The molecule has 4 rings (SSSR count). The minimum Gasteiger partial charge on any atom is -0.494 e. The van der Waals surface area contributed by atoms with Gasteiger partial charge in [-0.05, 0) is 60.7 Å². The van der Waals surface area contributed by atoms with Crippen LogP contribution >= 0.6 is 34.9 Å². The van der Waals surface area contributed by atoms with Crippen molar-refractivity contribution in [1.29, 1.82) is 0 Å². The predicted molar refractivity (Wildman–Crippen MR) is 124 cm³/mol. The first-order valence-corrected chi connectivity index (χ1v) is 12.4. The molecule has 1 amide bonds. The van der Waals surface area contributed by atoms with Crippen molar-refractivity contribution >= 4 is 56.1 Å². The van der Waals surface area contributed by atoms with Crippen molar-refractivity contribution in [2.75, 3.05) is 30.0 Å². The van der Waals surface area contributed by atoms with Crippen LogP contribution in [0.1, 0.15) is 23.5 Å². The third-order valence-corrected chi connectivity index (χ3v) is 8.22. The maximum Gasteiger partial charge on any atom is 0.264 e. The van der Waals surface area contributed by atoms with E-state index in [0.29, 0.717) is 22.1 Å². The number of carbonyl (C=O) groups is 1. The molecule has 2 heterocycles. The molecular weight excluding hydrogens is 424 g/mol. The molecule has 0 radical (unpaired) electrons. The molecule has 0 atom stereocenters. The fraction of sp³-hybridized carbons (Fsp3) is 0.333. The van der Waals surface area contributed by atoms with Crippen molar-refractivity contribution in [1.82, 2.24) is 4.98 Å². The van der Waals surface area contributed by atoms with Gasteiger partial charge >= 0.3 is 0 Å². The highest BCUT2D eigenvalue weighted by Crippen LogP contribution is 2.43. The standard InChI is InChI=1S/C21H22N2O3S3/c1-2-25-16-8-9-17-18(12-16)29-21(22-17)23-19(24)13-26-15-6-4-14(5-7-15)20-27-10-3-11-28-20/h4-9,12,20H,2-3,10-11,13H2,1H3,(H,22,23,24). The van der Waals surface area contributed by atoms with E-state index < -0.39 is 0 Å². The van der Waals surface area contributed by atoms with Crippen molar-refractivity contribution in [2.24, 2.45) is 0 Å². The first-order chi connectivity index (χ1) is 14.2. The zero-order valence-electron chi connectivity index (χ0n) is 16.1. The van der Waals surface area contributed by atoms with Crippen LogP contribution in [-0.4, -0.2) is 35.6 Å². The molecule has 0 unspecified atom stereocenters. The summed E-state index contributed by atoms with van der Waals surface area (Å²) < 4.78 is 12.6. The Morgan fingerprint density at radius 1 is 1.10 bits per heavy atom. The summed E-state index contributed by atoms with van der Waals surface area (Å²) in [6.07, 6.45) is 1.28. The van der Waals surface area contributed by atoms with E-state index >= 15 is 0 Å². The number of amides is 1. The Hall–Kier alpha value is -1.90. The third kappa shape index (κ3) is 5.38. The summed E-state index contributed by atoms with van der Waals surface area (Å²) in [4.78, 5) is 16.7. The molecule has 1 saturated heterocycles. The number of fused-ring (bicyclic) bond motifs is 1. The van der Waals surface area contributed by atoms with E-state index in [1.165, 1.54) is 34.8 Å². The third-order valence-electron chi connectivity index (χ3n) is 4.27. The topological polar surface area (TPSA) is 60.5 Å². The fourth-order valence-corrected chi connectivity index (χ4v) is 6.73. The molecule has 1 fully saturated rings. The van der Waals surface area contributed by atoms with Crippen molar-refractivity contribution in [3.8, 4) is 11.5 Å². The molecule has 1 N–H and O–H groups in total. The number of anilines is 1. The Kier molecular flexibility index (Phi) is 6.84. The number of carbonyl (C=O) groups excluding carboxylic acids is 1. The van der Waals surface area contributed by atoms with Gasteiger partial charge in [0.2, 0.25) is 0 Å².